The summed E-state index contributed by atoms with van der Waals surface area (Å²) in [5.41, 5.74) is 9.24. The highest BCUT2D eigenvalue weighted by molar-refractivity contribution is 5.85. The molecule has 3 rings (SSSR count). The molecule has 0 aliphatic heterocycles. The van der Waals surface area contributed by atoms with Crippen LogP contribution in [0.15, 0.2) is 54.3 Å². The van der Waals surface area contributed by atoms with Crippen LogP contribution in [-0.2, 0) is 0 Å². The molecule has 0 amide bonds. The van der Waals surface area contributed by atoms with Crippen molar-refractivity contribution in [2.24, 2.45) is 5.41 Å². The minimum absolute atomic E-state index is 0.149. The van der Waals surface area contributed by atoms with Gasteiger partial charge in [0.15, 0.2) is 0 Å². The van der Waals surface area contributed by atoms with E-state index in [1.165, 1.54) is 33.4 Å². The van der Waals surface area contributed by atoms with Gasteiger partial charge in [-0.3, -0.25) is 4.98 Å². The monoisotopic (exact) mass is 303 g/mol. The number of pyridine rings is 1. The van der Waals surface area contributed by atoms with Crippen LogP contribution in [0.5, 0.6) is 0 Å². The van der Waals surface area contributed by atoms with Gasteiger partial charge in [-0.15, -0.1) is 0 Å². The van der Waals surface area contributed by atoms with E-state index >= 15 is 0 Å². The fourth-order valence-electron chi connectivity index (χ4n) is 3.50. The second-order valence-electron chi connectivity index (χ2n) is 7.42. The lowest BCUT2D eigenvalue weighted by molar-refractivity contribution is 0.520. The summed E-state index contributed by atoms with van der Waals surface area (Å²) in [6.07, 6.45) is 7.47. The van der Waals surface area contributed by atoms with Crippen LogP contribution >= 0.6 is 0 Å². The molecule has 0 atom stereocenters. The maximum Gasteiger partial charge on any atom is 0.0782 e. The molecule has 1 aromatic carbocycles. The van der Waals surface area contributed by atoms with Gasteiger partial charge in [-0.05, 0) is 54.0 Å². The van der Waals surface area contributed by atoms with E-state index in [-0.39, 0.29) is 5.41 Å². The third-order valence-electron chi connectivity index (χ3n) is 4.59. The maximum absolute atomic E-state index is 4.77. The molecule has 1 aliphatic rings. The van der Waals surface area contributed by atoms with Crippen molar-refractivity contribution in [3.8, 4) is 11.3 Å². The first-order chi connectivity index (χ1) is 10.9. The van der Waals surface area contributed by atoms with Crippen molar-refractivity contribution in [3.63, 3.8) is 0 Å². The van der Waals surface area contributed by atoms with Gasteiger partial charge in [-0.25, -0.2) is 0 Å². The summed E-state index contributed by atoms with van der Waals surface area (Å²) < 4.78 is 0. The summed E-state index contributed by atoms with van der Waals surface area (Å²) in [5.74, 6) is 0. The molecule has 2 aromatic rings. The van der Waals surface area contributed by atoms with Crippen LogP contribution in [0, 0.1) is 19.3 Å². The van der Waals surface area contributed by atoms with Crippen LogP contribution in [0.25, 0.3) is 16.8 Å². The van der Waals surface area contributed by atoms with Gasteiger partial charge in [-0.1, -0.05) is 57.2 Å². The normalized spacial score (nSPS) is 14.7. The quantitative estimate of drug-likeness (QED) is 0.650. The molecule has 0 radical (unpaired) electrons. The topological polar surface area (TPSA) is 12.9 Å². The molecular weight excluding hydrogens is 278 g/mol. The van der Waals surface area contributed by atoms with E-state index in [9.17, 15) is 0 Å². The molecule has 0 spiro atoms. The van der Waals surface area contributed by atoms with Crippen molar-refractivity contribution >= 4 is 5.57 Å². The third kappa shape index (κ3) is 2.88. The number of hydrogen-bond donors (Lipinski definition) is 0. The lowest BCUT2D eigenvalue weighted by atomic mass is 9.82. The van der Waals surface area contributed by atoms with Gasteiger partial charge in [-0.2, -0.15) is 0 Å². The largest absolute Gasteiger partial charge is 0.256 e. The van der Waals surface area contributed by atoms with E-state index in [4.69, 9.17) is 4.98 Å². The molecule has 0 fully saturated rings. The molecule has 23 heavy (non-hydrogen) atoms. The number of allylic oxidation sites excluding steroid dienone is 4. The van der Waals surface area contributed by atoms with E-state index in [0.29, 0.717) is 0 Å². The first-order valence-electron chi connectivity index (χ1n) is 8.31. The van der Waals surface area contributed by atoms with Gasteiger partial charge in [0.2, 0.25) is 0 Å². The van der Waals surface area contributed by atoms with Crippen molar-refractivity contribution in [2.75, 3.05) is 0 Å². The third-order valence-corrected chi connectivity index (χ3v) is 4.59. The highest BCUT2D eigenvalue weighted by Crippen LogP contribution is 2.42. The van der Waals surface area contributed by atoms with Crippen LogP contribution in [0.4, 0.5) is 0 Å². The lowest BCUT2D eigenvalue weighted by Gasteiger charge is -2.23. The minimum Gasteiger partial charge on any atom is -0.256 e. The van der Waals surface area contributed by atoms with Gasteiger partial charge >= 0.3 is 0 Å². The van der Waals surface area contributed by atoms with Crippen LogP contribution < -0.4 is 0 Å². The van der Waals surface area contributed by atoms with E-state index in [1.54, 1.807) is 0 Å². The molecule has 0 saturated heterocycles. The SMILES string of the molecule is Cc1cccc(C)c1-c1ncccc1C1=C(C(C)(C)C)C=CC1. The summed E-state index contributed by atoms with van der Waals surface area (Å²) in [6, 6.07) is 10.7. The molecule has 1 heteroatoms. The summed E-state index contributed by atoms with van der Waals surface area (Å²) in [4.78, 5) is 4.77. The number of aromatic nitrogens is 1. The molecular formula is C22H25N. The summed E-state index contributed by atoms with van der Waals surface area (Å²) in [6.45, 7) is 11.2. The number of rotatable bonds is 2. The Labute approximate surface area is 139 Å². The first kappa shape index (κ1) is 15.7. The molecule has 118 valence electrons. The minimum atomic E-state index is 0.149. The second-order valence-corrected chi connectivity index (χ2v) is 7.42. The predicted molar refractivity (Wildman–Crippen MR) is 99.3 cm³/mol. The molecule has 1 heterocycles. The highest BCUT2D eigenvalue weighted by Gasteiger charge is 2.24. The number of nitrogens with zero attached hydrogens (tertiary/aromatic N) is 1. The van der Waals surface area contributed by atoms with Crippen molar-refractivity contribution in [3.05, 3.63) is 70.9 Å². The van der Waals surface area contributed by atoms with Crippen molar-refractivity contribution < 1.29 is 0 Å². The Morgan fingerprint density at radius 3 is 2.30 bits per heavy atom. The smallest absolute Gasteiger partial charge is 0.0782 e. The maximum atomic E-state index is 4.77. The van der Waals surface area contributed by atoms with E-state index in [1.807, 2.05) is 6.20 Å². The highest BCUT2D eigenvalue weighted by atomic mass is 14.7. The Morgan fingerprint density at radius 1 is 0.957 bits per heavy atom. The zero-order valence-electron chi connectivity index (χ0n) is 14.8. The van der Waals surface area contributed by atoms with Crippen LogP contribution in [0.1, 0.15) is 43.9 Å². The summed E-state index contributed by atoms with van der Waals surface area (Å²) in [7, 11) is 0. The molecule has 0 bridgehead atoms. The first-order valence-corrected chi connectivity index (χ1v) is 8.31. The Bertz CT molecular complexity index is 781. The lowest BCUT2D eigenvalue weighted by Crippen LogP contribution is -2.09. The van der Waals surface area contributed by atoms with Gasteiger partial charge in [0.1, 0.15) is 0 Å². The van der Waals surface area contributed by atoms with Crippen LogP contribution in [0.2, 0.25) is 0 Å². The van der Waals surface area contributed by atoms with E-state index < -0.39 is 0 Å². The Hall–Kier alpha value is -2.15. The average molecular weight is 303 g/mol. The zero-order chi connectivity index (χ0) is 16.6. The Balaban J connectivity index is 2.25. The van der Waals surface area contributed by atoms with E-state index in [0.717, 1.165) is 12.1 Å². The molecule has 1 nitrogen and oxygen atoms in total. The molecule has 1 aromatic heterocycles. The predicted octanol–water partition coefficient (Wildman–Crippen LogP) is 6.13. The number of hydrogen-bond acceptors (Lipinski definition) is 1. The molecule has 0 N–H and O–H groups in total. The van der Waals surface area contributed by atoms with Gasteiger partial charge in [0.25, 0.3) is 0 Å². The van der Waals surface area contributed by atoms with Crippen molar-refractivity contribution in [2.45, 2.75) is 41.0 Å². The fraction of sp³-hybridized carbons (Fsp3) is 0.318. The molecule has 0 unspecified atom stereocenters. The zero-order valence-corrected chi connectivity index (χ0v) is 14.8. The molecule has 0 saturated carbocycles. The Morgan fingerprint density at radius 2 is 1.65 bits per heavy atom. The van der Waals surface area contributed by atoms with Crippen molar-refractivity contribution in [1.29, 1.82) is 0 Å². The van der Waals surface area contributed by atoms with E-state index in [2.05, 4.69) is 77.1 Å². The van der Waals surface area contributed by atoms with Crippen LogP contribution in [-0.4, -0.2) is 4.98 Å². The van der Waals surface area contributed by atoms with Gasteiger partial charge in [0, 0.05) is 17.3 Å². The summed E-state index contributed by atoms with van der Waals surface area (Å²) >= 11 is 0. The average Bonchev–Trinajstić information content (AvgIpc) is 2.97. The van der Waals surface area contributed by atoms with Crippen LogP contribution in [0.3, 0.4) is 0 Å². The standard InChI is InChI=1S/C22H25N/c1-15-9-6-10-16(2)20(15)21-18(12-8-14-23-21)17-11-7-13-19(17)22(3,4)5/h6-10,12-14H,11H2,1-5H3. The molecule has 1 aliphatic carbocycles. The Kier molecular flexibility index (Phi) is 3.97. The fourth-order valence-corrected chi connectivity index (χ4v) is 3.50. The van der Waals surface area contributed by atoms with Gasteiger partial charge < -0.3 is 0 Å². The second kappa shape index (κ2) is 5.81. The van der Waals surface area contributed by atoms with Gasteiger partial charge in [0.05, 0.1) is 5.69 Å². The number of aryl methyl sites for hydroxylation is 2. The summed E-state index contributed by atoms with van der Waals surface area (Å²) in [5, 5.41) is 0. The van der Waals surface area contributed by atoms with Crippen molar-refractivity contribution in [1.82, 2.24) is 4.98 Å². The number of benzene rings is 1.